The Morgan fingerprint density at radius 3 is 2.53 bits per heavy atom. The van der Waals surface area contributed by atoms with E-state index < -0.39 is 0 Å². The number of benzene rings is 1. The van der Waals surface area contributed by atoms with Gasteiger partial charge in [0.2, 0.25) is 5.89 Å². The first kappa shape index (κ1) is 20.5. The third-order valence-electron chi connectivity index (χ3n) is 4.72. The Kier molecular flexibility index (Phi) is 5.58. The number of anilines is 1. The highest BCUT2D eigenvalue weighted by atomic mass is 32.1. The molecule has 156 valence electrons. The van der Waals surface area contributed by atoms with Gasteiger partial charge in [0.1, 0.15) is 22.2 Å². The Hall–Kier alpha value is -2.77. The molecular formula is C23H27N5OS. The summed E-state index contributed by atoms with van der Waals surface area (Å²) in [5.41, 5.74) is 2.22. The Morgan fingerprint density at radius 1 is 1.10 bits per heavy atom. The summed E-state index contributed by atoms with van der Waals surface area (Å²) in [7, 11) is 4.04. The van der Waals surface area contributed by atoms with Crippen LogP contribution in [-0.2, 0) is 18.5 Å². The number of thiophene rings is 1. The van der Waals surface area contributed by atoms with E-state index in [-0.39, 0.29) is 5.41 Å². The Morgan fingerprint density at radius 2 is 1.87 bits per heavy atom. The van der Waals surface area contributed by atoms with Crippen molar-refractivity contribution in [1.82, 2.24) is 19.9 Å². The molecule has 7 heteroatoms. The van der Waals surface area contributed by atoms with E-state index in [4.69, 9.17) is 14.4 Å². The van der Waals surface area contributed by atoms with Gasteiger partial charge in [0.15, 0.2) is 0 Å². The first-order valence-corrected chi connectivity index (χ1v) is 10.9. The maximum Gasteiger partial charge on any atom is 0.213 e. The zero-order valence-electron chi connectivity index (χ0n) is 18.1. The number of nitrogens with zero attached hydrogens (tertiary/aromatic N) is 4. The third kappa shape index (κ3) is 4.37. The molecule has 0 aliphatic heterocycles. The fourth-order valence-electron chi connectivity index (χ4n) is 3.20. The number of nitrogens with one attached hydrogen (secondary N) is 1. The van der Waals surface area contributed by atoms with Crippen LogP contribution >= 0.6 is 11.3 Å². The lowest BCUT2D eigenvalue weighted by Crippen LogP contribution is -2.14. The summed E-state index contributed by atoms with van der Waals surface area (Å²) < 4.78 is 5.95. The van der Waals surface area contributed by atoms with Crippen LogP contribution in [0.15, 0.2) is 46.3 Å². The van der Waals surface area contributed by atoms with Crippen molar-refractivity contribution in [2.75, 3.05) is 19.4 Å². The molecule has 0 bridgehead atoms. The zero-order chi connectivity index (χ0) is 21.3. The maximum absolute atomic E-state index is 5.95. The van der Waals surface area contributed by atoms with E-state index in [1.165, 1.54) is 0 Å². The molecule has 1 N–H and O–H groups in total. The van der Waals surface area contributed by atoms with Gasteiger partial charge in [-0.05, 0) is 19.7 Å². The largest absolute Gasteiger partial charge is 0.443 e. The SMILES string of the molecule is CN(C)Cc1nc(NCc2ncc(C(C)(C)C)o2)c2c(-c3ccccc3)csc2n1. The van der Waals surface area contributed by atoms with Crippen LogP contribution in [0.2, 0.25) is 0 Å². The highest BCUT2D eigenvalue weighted by Gasteiger charge is 2.20. The Balaban J connectivity index is 1.72. The van der Waals surface area contributed by atoms with Gasteiger partial charge in [0.25, 0.3) is 0 Å². The lowest BCUT2D eigenvalue weighted by Gasteiger charge is -2.13. The van der Waals surface area contributed by atoms with Crippen LogP contribution in [0, 0.1) is 0 Å². The second-order valence-corrected chi connectivity index (χ2v) is 9.50. The molecule has 0 fully saturated rings. The fraction of sp³-hybridized carbons (Fsp3) is 0.348. The van der Waals surface area contributed by atoms with Gasteiger partial charge in [-0.25, -0.2) is 15.0 Å². The molecule has 0 radical (unpaired) electrons. The summed E-state index contributed by atoms with van der Waals surface area (Å²) >= 11 is 1.64. The third-order valence-corrected chi connectivity index (χ3v) is 5.59. The van der Waals surface area contributed by atoms with Crippen LogP contribution in [0.1, 0.15) is 38.2 Å². The van der Waals surface area contributed by atoms with Crippen molar-refractivity contribution in [3.8, 4) is 11.1 Å². The minimum absolute atomic E-state index is 0.0693. The number of rotatable bonds is 6. The molecule has 0 aliphatic carbocycles. The topological polar surface area (TPSA) is 67.1 Å². The molecule has 4 rings (SSSR count). The van der Waals surface area contributed by atoms with Crippen molar-refractivity contribution >= 4 is 27.4 Å². The summed E-state index contributed by atoms with van der Waals surface area (Å²) in [5.74, 6) is 3.13. The highest BCUT2D eigenvalue weighted by Crippen LogP contribution is 2.37. The molecule has 1 aromatic carbocycles. The summed E-state index contributed by atoms with van der Waals surface area (Å²) in [6.45, 7) is 7.49. The zero-order valence-corrected chi connectivity index (χ0v) is 18.9. The molecule has 0 amide bonds. The fourth-order valence-corrected chi connectivity index (χ4v) is 4.16. The standard InChI is InChI=1S/C23H27N5OS/c1-23(2,3)17-11-24-19(29-17)12-25-21-20-16(15-9-7-6-8-10-15)14-30-22(20)27-18(26-21)13-28(4)5/h6-11,14H,12-13H2,1-5H3,(H,25,26,27). The summed E-state index contributed by atoms with van der Waals surface area (Å²) in [6, 6.07) is 10.4. The van der Waals surface area contributed by atoms with Gasteiger partial charge in [-0.2, -0.15) is 0 Å². The highest BCUT2D eigenvalue weighted by molar-refractivity contribution is 7.17. The molecule has 0 spiro atoms. The molecule has 4 aromatic rings. The predicted octanol–water partition coefficient (Wildman–Crippen LogP) is 5.32. The molecule has 0 atom stereocenters. The molecule has 0 saturated heterocycles. The van der Waals surface area contributed by atoms with Crippen molar-refractivity contribution in [3.05, 3.63) is 59.4 Å². The lowest BCUT2D eigenvalue weighted by molar-refractivity contribution is 0.385. The smallest absolute Gasteiger partial charge is 0.213 e. The average Bonchev–Trinajstić information content (AvgIpc) is 3.33. The van der Waals surface area contributed by atoms with E-state index in [1.807, 2.05) is 38.5 Å². The quantitative estimate of drug-likeness (QED) is 0.455. The molecule has 3 aromatic heterocycles. The van der Waals surface area contributed by atoms with Gasteiger partial charge in [-0.1, -0.05) is 51.1 Å². The summed E-state index contributed by atoms with van der Waals surface area (Å²) in [6.07, 6.45) is 1.81. The van der Waals surface area contributed by atoms with Gasteiger partial charge in [0.05, 0.1) is 24.7 Å². The molecule has 30 heavy (non-hydrogen) atoms. The number of hydrogen-bond acceptors (Lipinski definition) is 7. The van der Waals surface area contributed by atoms with E-state index in [9.17, 15) is 0 Å². The van der Waals surface area contributed by atoms with E-state index in [1.54, 1.807) is 11.3 Å². The number of oxazole rings is 1. The summed E-state index contributed by atoms with van der Waals surface area (Å²) in [5, 5.41) is 6.65. The molecule has 0 unspecified atom stereocenters. The molecular weight excluding hydrogens is 394 g/mol. The number of hydrogen-bond donors (Lipinski definition) is 1. The molecule has 0 aliphatic rings. The van der Waals surface area contributed by atoms with Crippen LogP contribution in [-0.4, -0.2) is 33.9 Å². The second kappa shape index (κ2) is 8.16. The van der Waals surface area contributed by atoms with E-state index in [0.717, 1.165) is 38.7 Å². The van der Waals surface area contributed by atoms with Gasteiger partial charge in [-0.3, -0.25) is 0 Å². The minimum Gasteiger partial charge on any atom is -0.443 e. The van der Waals surface area contributed by atoms with Crippen LogP contribution in [0.4, 0.5) is 5.82 Å². The molecule has 3 heterocycles. The van der Waals surface area contributed by atoms with Crippen molar-refractivity contribution < 1.29 is 4.42 Å². The van der Waals surface area contributed by atoms with Gasteiger partial charge in [-0.15, -0.1) is 11.3 Å². The van der Waals surface area contributed by atoms with Crippen molar-refractivity contribution in [3.63, 3.8) is 0 Å². The normalized spacial score (nSPS) is 12.1. The lowest BCUT2D eigenvalue weighted by atomic mass is 9.94. The summed E-state index contributed by atoms with van der Waals surface area (Å²) in [4.78, 5) is 17.1. The molecule has 0 saturated carbocycles. The first-order chi connectivity index (χ1) is 14.3. The predicted molar refractivity (Wildman–Crippen MR) is 123 cm³/mol. The van der Waals surface area contributed by atoms with Crippen LogP contribution < -0.4 is 5.32 Å². The van der Waals surface area contributed by atoms with Gasteiger partial charge in [0, 0.05) is 16.4 Å². The van der Waals surface area contributed by atoms with E-state index in [2.05, 4.69) is 53.5 Å². The Labute approximate surface area is 181 Å². The minimum atomic E-state index is -0.0693. The number of fused-ring (bicyclic) bond motifs is 1. The van der Waals surface area contributed by atoms with Gasteiger partial charge < -0.3 is 14.6 Å². The molecule has 6 nitrogen and oxygen atoms in total. The second-order valence-electron chi connectivity index (χ2n) is 8.64. The monoisotopic (exact) mass is 421 g/mol. The van der Waals surface area contributed by atoms with Crippen LogP contribution in [0.25, 0.3) is 21.3 Å². The first-order valence-electron chi connectivity index (χ1n) is 9.98. The van der Waals surface area contributed by atoms with E-state index >= 15 is 0 Å². The van der Waals surface area contributed by atoms with Crippen LogP contribution in [0.3, 0.4) is 0 Å². The van der Waals surface area contributed by atoms with Crippen molar-refractivity contribution in [1.29, 1.82) is 0 Å². The average molecular weight is 422 g/mol. The Bertz CT molecular complexity index is 1140. The van der Waals surface area contributed by atoms with Crippen LogP contribution in [0.5, 0.6) is 0 Å². The van der Waals surface area contributed by atoms with E-state index in [0.29, 0.717) is 19.0 Å². The van der Waals surface area contributed by atoms with Crippen molar-refractivity contribution in [2.45, 2.75) is 39.3 Å². The number of aromatic nitrogens is 3. The van der Waals surface area contributed by atoms with Gasteiger partial charge >= 0.3 is 0 Å². The van der Waals surface area contributed by atoms with Crippen molar-refractivity contribution in [2.24, 2.45) is 0 Å². The maximum atomic E-state index is 5.95.